The van der Waals surface area contributed by atoms with E-state index >= 15 is 0 Å². The van der Waals surface area contributed by atoms with Crippen molar-refractivity contribution in [2.24, 2.45) is 0 Å². The topological polar surface area (TPSA) is 115 Å². The molecule has 0 radical (unpaired) electrons. The van der Waals surface area contributed by atoms with Crippen LogP contribution in [0.5, 0.6) is 11.5 Å². The fourth-order valence-electron chi connectivity index (χ4n) is 3.32. The van der Waals surface area contributed by atoms with Gasteiger partial charge in [0.25, 0.3) is 0 Å². The van der Waals surface area contributed by atoms with E-state index in [1.165, 1.54) is 32.7 Å². The van der Waals surface area contributed by atoms with E-state index < -0.39 is 4.92 Å². The molecular formula is C19H26N6O4. The molecule has 2 N–H and O–H groups in total. The van der Waals surface area contributed by atoms with Crippen LogP contribution in [0, 0.1) is 10.1 Å². The van der Waals surface area contributed by atoms with Crippen molar-refractivity contribution in [2.75, 3.05) is 51.0 Å². The van der Waals surface area contributed by atoms with E-state index in [9.17, 15) is 10.1 Å². The predicted octanol–water partition coefficient (Wildman–Crippen LogP) is 3.04. The molecule has 0 aliphatic carbocycles. The maximum absolute atomic E-state index is 11.7. The molecule has 1 aromatic heterocycles. The molecule has 2 heterocycles. The smallest absolute Gasteiger partial charge is 0.353 e. The molecule has 156 valence electrons. The van der Waals surface area contributed by atoms with E-state index in [1.807, 2.05) is 0 Å². The Kier molecular flexibility index (Phi) is 7.01. The number of nitrogens with one attached hydrogen (secondary N) is 2. The van der Waals surface area contributed by atoms with Crippen LogP contribution < -0.4 is 20.1 Å². The summed E-state index contributed by atoms with van der Waals surface area (Å²) in [4.78, 5) is 21.8. The molecule has 0 amide bonds. The fraction of sp³-hybridized carbons (Fsp3) is 0.474. The van der Waals surface area contributed by atoms with Crippen LogP contribution >= 0.6 is 0 Å². The standard InChI is InChI=1S/C19H26N6O4/c1-28-14-6-7-15(16(12-14)29-2)23-19-17(25(26)27)18(21-13-22-19)20-8-11-24-9-4-3-5-10-24/h6-7,12-13H,3-5,8-11H2,1-2H3,(H2,20,21,22,23). The van der Waals surface area contributed by atoms with Gasteiger partial charge in [0.05, 0.1) is 24.8 Å². The Bertz CT molecular complexity index is 841. The second-order valence-corrected chi connectivity index (χ2v) is 6.70. The van der Waals surface area contributed by atoms with Gasteiger partial charge in [-0.1, -0.05) is 6.42 Å². The van der Waals surface area contributed by atoms with Crippen molar-refractivity contribution in [3.05, 3.63) is 34.6 Å². The third-order valence-corrected chi connectivity index (χ3v) is 4.84. The molecule has 0 unspecified atom stereocenters. The fourth-order valence-corrected chi connectivity index (χ4v) is 3.32. The van der Waals surface area contributed by atoms with Gasteiger partial charge >= 0.3 is 5.69 Å². The van der Waals surface area contributed by atoms with Crippen LogP contribution in [-0.2, 0) is 0 Å². The summed E-state index contributed by atoms with van der Waals surface area (Å²) in [5, 5.41) is 17.8. The van der Waals surface area contributed by atoms with Gasteiger partial charge in [0, 0.05) is 19.2 Å². The first kappa shape index (κ1) is 20.6. The number of aromatic nitrogens is 2. The Labute approximate surface area is 169 Å². The summed E-state index contributed by atoms with van der Waals surface area (Å²) in [6.07, 6.45) is 4.97. The van der Waals surface area contributed by atoms with Gasteiger partial charge < -0.3 is 25.0 Å². The van der Waals surface area contributed by atoms with E-state index in [0.29, 0.717) is 23.7 Å². The zero-order chi connectivity index (χ0) is 20.6. The highest BCUT2D eigenvalue weighted by Gasteiger charge is 2.24. The van der Waals surface area contributed by atoms with Gasteiger partial charge in [-0.3, -0.25) is 10.1 Å². The Morgan fingerprint density at radius 1 is 1.14 bits per heavy atom. The Morgan fingerprint density at radius 2 is 1.90 bits per heavy atom. The lowest BCUT2D eigenvalue weighted by molar-refractivity contribution is -0.383. The summed E-state index contributed by atoms with van der Waals surface area (Å²) in [5.74, 6) is 1.38. The molecule has 29 heavy (non-hydrogen) atoms. The van der Waals surface area contributed by atoms with Crippen LogP contribution in [0.3, 0.4) is 0 Å². The van der Waals surface area contributed by atoms with Crippen molar-refractivity contribution in [3.63, 3.8) is 0 Å². The van der Waals surface area contributed by atoms with Crippen molar-refractivity contribution >= 4 is 23.0 Å². The lowest BCUT2D eigenvalue weighted by atomic mass is 10.1. The molecule has 1 saturated heterocycles. The third kappa shape index (κ3) is 5.23. The predicted molar refractivity (Wildman–Crippen MR) is 110 cm³/mol. The minimum atomic E-state index is -0.485. The molecule has 10 nitrogen and oxygen atoms in total. The van der Waals surface area contributed by atoms with Gasteiger partial charge in [-0.2, -0.15) is 0 Å². The van der Waals surface area contributed by atoms with Gasteiger partial charge in [0.2, 0.25) is 11.6 Å². The summed E-state index contributed by atoms with van der Waals surface area (Å²) in [7, 11) is 3.07. The Balaban J connectivity index is 1.77. The minimum absolute atomic E-state index is 0.0916. The lowest BCUT2D eigenvalue weighted by Crippen LogP contribution is -2.33. The maximum atomic E-state index is 11.7. The largest absolute Gasteiger partial charge is 0.497 e. The van der Waals surface area contributed by atoms with Crippen LogP contribution in [-0.4, -0.2) is 60.2 Å². The van der Waals surface area contributed by atoms with E-state index in [-0.39, 0.29) is 17.3 Å². The number of rotatable bonds is 9. The Hall–Kier alpha value is -3.14. The first-order chi connectivity index (χ1) is 14.1. The molecule has 1 aliphatic rings. The number of ether oxygens (including phenoxy) is 2. The number of likely N-dealkylation sites (tertiary alicyclic amines) is 1. The van der Waals surface area contributed by atoms with Crippen LogP contribution in [0.25, 0.3) is 0 Å². The van der Waals surface area contributed by atoms with E-state index in [2.05, 4.69) is 25.5 Å². The monoisotopic (exact) mass is 402 g/mol. The average Bonchev–Trinajstić information content (AvgIpc) is 2.74. The average molecular weight is 402 g/mol. The normalized spacial score (nSPS) is 14.3. The molecule has 1 aromatic carbocycles. The number of anilines is 3. The van der Waals surface area contributed by atoms with Gasteiger partial charge in [0.15, 0.2) is 0 Å². The summed E-state index contributed by atoms with van der Waals surface area (Å²) in [6.45, 7) is 3.52. The molecular weight excluding hydrogens is 376 g/mol. The molecule has 10 heteroatoms. The molecule has 0 bridgehead atoms. The minimum Gasteiger partial charge on any atom is -0.497 e. The number of hydrogen-bond donors (Lipinski definition) is 2. The van der Waals surface area contributed by atoms with E-state index in [0.717, 1.165) is 19.6 Å². The lowest BCUT2D eigenvalue weighted by Gasteiger charge is -2.26. The second kappa shape index (κ2) is 9.87. The maximum Gasteiger partial charge on any atom is 0.353 e. The van der Waals surface area contributed by atoms with E-state index in [4.69, 9.17) is 9.47 Å². The van der Waals surface area contributed by atoms with E-state index in [1.54, 1.807) is 25.3 Å². The quantitative estimate of drug-likeness (QED) is 0.482. The summed E-state index contributed by atoms with van der Waals surface area (Å²) >= 11 is 0. The third-order valence-electron chi connectivity index (χ3n) is 4.84. The van der Waals surface area contributed by atoms with Crippen LogP contribution in [0.1, 0.15) is 19.3 Å². The van der Waals surface area contributed by atoms with Crippen molar-refractivity contribution in [3.8, 4) is 11.5 Å². The number of nitrogens with zero attached hydrogens (tertiary/aromatic N) is 4. The van der Waals surface area contributed by atoms with Gasteiger partial charge in [-0.15, -0.1) is 0 Å². The molecule has 0 atom stereocenters. The van der Waals surface area contributed by atoms with Crippen molar-refractivity contribution in [1.29, 1.82) is 0 Å². The molecule has 1 fully saturated rings. The van der Waals surface area contributed by atoms with Crippen LogP contribution in [0.2, 0.25) is 0 Å². The molecule has 0 saturated carbocycles. The van der Waals surface area contributed by atoms with Gasteiger partial charge in [0.1, 0.15) is 17.8 Å². The number of methoxy groups -OCH3 is 2. The van der Waals surface area contributed by atoms with Crippen LogP contribution in [0.15, 0.2) is 24.5 Å². The van der Waals surface area contributed by atoms with Crippen molar-refractivity contribution in [1.82, 2.24) is 14.9 Å². The van der Waals surface area contributed by atoms with Gasteiger partial charge in [-0.25, -0.2) is 9.97 Å². The molecule has 2 aromatic rings. The SMILES string of the molecule is COc1ccc(Nc2ncnc(NCCN3CCCCC3)c2[N+](=O)[O-])c(OC)c1. The summed E-state index contributed by atoms with van der Waals surface area (Å²) in [6, 6.07) is 5.13. The Morgan fingerprint density at radius 3 is 2.59 bits per heavy atom. The highest BCUT2D eigenvalue weighted by atomic mass is 16.6. The van der Waals surface area contributed by atoms with Crippen molar-refractivity contribution in [2.45, 2.75) is 19.3 Å². The zero-order valence-electron chi connectivity index (χ0n) is 16.7. The molecule has 0 spiro atoms. The summed E-state index contributed by atoms with van der Waals surface area (Å²) < 4.78 is 10.5. The first-order valence-corrected chi connectivity index (χ1v) is 9.57. The number of benzene rings is 1. The molecule has 1 aliphatic heterocycles. The summed E-state index contributed by atoms with van der Waals surface area (Å²) in [5.41, 5.74) is 0.332. The molecule has 3 rings (SSSR count). The van der Waals surface area contributed by atoms with Gasteiger partial charge in [-0.05, 0) is 38.1 Å². The number of hydrogen-bond acceptors (Lipinski definition) is 9. The second-order valence-electron chi connectivity index (χ2n) is 6.70. The highest BCUT2D eigenvalue weighted by molar-refractivity contribution is 5.76. The van der Waals surface area contributed by atoms with Crippen LogP contribution in [0.4, 0.5) is 23.0 Å². The van der Waals surface area contributed by atoms with Crippen molar-refractivity contribution < 1.29 is 14.4 Å². The highest BCUT2D eigenvalue weighted by Crippen LogP contribution is 2.35. The number of nitro groups is 1. The number of piperidine rings is 1. The zero-order valence-corrected chi connectivity index (χ0v) is 16.7. The first-order valence-electron chi connectivity index (χ1n) is 9.57.